The number of hydrogen-bond donors (Lipinski definition) is 2. The van der Waals surface area contributed by atoms with Gasteiger partial charge in [0.25, 0.3) is 0 Å². The molecule has 28 heavy (non-hydrogen) atoms. The molecule has 0 saturated carbocycles. The Morgan fingerprint density at radius 3 is 2.32 bits per heavy atom. The second-order valence-corrected chi connectivity index (χ2v) is 13.4. The molecule has 1 aromatic carbocycles. The number of nitrogens with zero attached hydrogens (tertiary/aromatic N) is 1. The summed E-state index contributed by atoms with van der Waals surface area (Å²) in [5.74, 6) is 0.689. The van der Waals surface area contributed by atoms with Crippen molar-refractivity contribution >= 4 is 20.9 Å². The fourth-order valence-corrected chi connectivity index (χ4v) is 3.94. The van der Waals surface area contributed by atoms with E-state index in [0.29, 0.717) is 17.8 Å². The summed E-state index contributed by atoms with van der Waals surface area (Å²) in [5, 5.41) is 18.5. The zero-order valence-electron chi connectivity index (χ0n) is 17.6. The average molecular weight is 401 g/mol. The highest BCUT2D eigenvalue weighted by Gasteiger charge is 2.39. The van der Waals surface area contributed by atoms with Crippen LogP contribution in [0.3, 0.4) is 0 Å². The van der Waals surface area contributed by atoms with Crippen LogP contribution in [-0.2, 0) is 10.8 Å². The average Bonchev–Trinajstić information content (AvgIpc) is 2.64. The molecule has 0 radical (unpaired) electrons. The van der Waals surface area contributed by atoms with Gasteiger partial charge < -0.3 is 19.2 Å². The maximum atomic E-state index is 9.21. The van der Waals surface area contributed by atoms with E-state index in [-0.39, 0.29) is 11.1 Å². The molecule has 2 N–H and O–H groups in total. The van der Waals surface area contributed by atoms with Crippen molar-refractivity contribution in [1.29, 1.82) is 0 Å². The Kier molecular flexibility index (Phi) is 7.83. The van der Waals surface area contributed by atoms with Crippen LogP contribution in [0.25, 0.3) is 0 Å². The van der Waals surface area contributed by atoms with Gasteiger partial charge in [-0.05, 0) is 60.2 Å². The fraction of sp³-hybridized carbons (Fsp3) is 0.476. The van der Waals surface area contributed by atoms with Gasteiger partial charge in [0.2, 0.25) is 0 Å². The van der Waals surface area contributed by atoms with Gasteiger partial charge in [0.1, 0.15) is 12.4 Å². The second kappa shape index (κ2) is 9.69. The largest absolute Gasteiger partial charge is 0.491 e. The predicted octanol–water partition coefficient (Wildman–Crippen LogP) is 3.16. The molecule has 0 aliphatic carbocycles. The molecule has 0 amide bonds. The molecule has 1 atom stereocenters. The number of rotatable bonds is 9. The van der Waals surface area contributed by atoms with Crippen molar-refractivity contribution in [2.75, 3.05) is 6.61 Å². The van der Waals surface area contributed by atoms with Gasteiger partial charge in [-0.1, -0.05) is 39.0 Å². The molecule has 0 aliphatic heterocycles. The van der Waals surface area contributed by atoms with Gasteiger partial charge in [0.05, 0.1) is 6.10 Å². The first-order valence-corrected chi connectivity index (χ1v) is 12.6. The van der Waals surface area contributed by atoms with E-state index in [1.807, 2.05) is 12.3 Å². The van der Waals surface area contributed by atoms with Crippen molar-refractivity contribution < 1.29 is 19.2 Å². The number of hydrogen-bond acceptors (Lipinski definition) is 5. The SMILES string of the molecule is CC(C)(C)[Si](C)(C)O[C@H](CCc1cccnc1)COc1ccc(B(O)O)cc1. The quantitative estimate of drug-likeness (QED) is 0.632. The molecule has 2 aromatic rings. The van der Waals surface area contributed by atoms with Crippen LogP contribution in [0.1, 0.15) is 32.8 Å². The Morgan fingerprint density at radius 1 is 1.11 bits per heavy atom. The lowest BCUT2D eigenvalue weighted by atomic mass is 9.80. The number of benzene rings is 1. The van der Waals surface area contributed by atoms with Crippen LogP contribution in [0.5, 0.6) is 5.75 Å². The van der Waals surface area contributed by atoms with Crippen molar-refractivity contribution in [3.63, 3.8) is 0 Å². The molecule has 7 heteroatoms. The summed E-state index contributed by atoms with van der Waals surface area (Å²) in [4.78, 5) is 4.19. The molecule has 0 aliphatic rings. The van der Waals surface area contributed by atoms with E-state index in [1.165, 1.54) is 5.56 Å². The Morgan fingerprint density at radius 2 is 1.79 bits per heavy atom. The van der Waals surface area contributed by atoms with Crippen molar-refractivity contribution in [2.45, 2.75) is 57.8 Å². The third kappa shape index (κ3) is 6.74. The zero-order valence-corrected chi connectivity index (χ0v) is 18.6. The smallest absolute Gasteiger partial charge is 0.488 e. The van der Waals surface area contributed by atoms with E-state index in [9.17, 15) is 10.0 Å². The summed E-state index contributed by atoms with van der Waals surface area (Å²) in [7, 11) is -3.40. The maximum absolute atomic E-state index is 9.21. The number of aryl methyl sites for hydroxylation is 1. The Labute approximate surface area is 170 Å². The molecule has 152 valence electrons. The topological polar surface area (TPSA) is 71.8 Å². The molecule has 0 bridgehead atoms. The predicted molar refractivity (Wildman–Crippen MR) is 116 cm³/mol. The molecular formula is C21H32BNO4Si. The molecule has 0 saturated heterocycles. The van der Waals surface area contributed by atoms with E-state index in [4.69, 9.17) is 9.16 Å². The van der Waals surface area contributed by atoms with Gasteiger partial charge in [-0.3, -0.25) is 4.98 Å². The standard InChI is InChI=1S/C21H32BNO4Si/c1-21(2,3)28(4,5)27-20(11-8-17-7-6-14-23-15-17)16-26-19-12-9-18(10-13-19)22(24)25/h6-7,9-10,12-15,20,24-25H,8,11,16H2,1-5H3/t20-/m1/s1. The van der Waals surface area contributed by atoms with Crippen molar-refractivity contribution in [2.24, 2.45) is 0 Å². The van der Waals surface area contributed by atoms with E-state index < -0.39 is 15.4 Å². The second-order valence-electron chi connectivity index (χ2n) is 8.65. The van der Waals surface area contributed by atoms with Gasteiger partial charge in [0, 0.05) is 12.4 Å². The summed E-state index contributed by atoms with van der Waals surface area (Å²) in [5.41, 5.74) is 1.63. The fourth-order valence-electron chi connectivity index (χ4n) is 2.57. The molecule has 0 spiro atoms. The lowest BCUT2D eigenvalue weighted by Gasteiger charge is -2.39. The van der Waals surface area contributed by atoms with Crippen LogP contribution in [0.2, 0.25) is 18.1 Å². The molecule has 1 heterocycles. The third-order valence-corrected chi connectivity index (χ3v) is 9.89. The monoisotopic (exact) mass is 401 g/mol. The van der Waals surface area contributed by atoms with Crippen molar-refractivity contribution in [3.8, 4) is 5.75 Å². The third-order valence-electron chi connectivity index (χ3n) is 5.36. The molecule has 0 unspecified atom stereocenters. The lowest BCUT2D eigenvalue weighted by Crippen LogP contribution is -2.45. The van der Waals surface area contributed by atoms with E-state index in [0.717, 1.165) is 12.8 Å². The summed E-state index contributed by atoms with van der Waals surface area (Å²) in [6, 6.07) is 10.8. The van der Waals surface area contributed by atoms with Crippen LogP contribution in [0.15, 0.2) is 48.8 Å². The van der Waals surface area contributed by atoms with Gasteiger partial charge in [-0.15, -0.1) is 0 Å². The molecule has 2 rings (SSSR count). The molecular weight excluding hydrogens is 369 g/mol. The van der Waals surface area contributed by atoms with Crippen LogP contribution in [0.4, 0.5) is 0 Å². The number of ether oxygens (including phenoxy) is 1. The van der Waals surface area contributed by atoms with Gasteiger partial charge in [0.15, 0.2) is 8.32 Å². The van der Waals surface area contributed by atoms with E-state index >= 15 is 0 Å². The minimum atomic E-state index is -1.93. The minimum absolute atomic E-state index is 0.0239. The maximum Gasteiger partial charge on any atom is 0.488 e. The minimum Gasteiger partial charge on any atom is -0.491 e. The molecule has 0 fully saturated rings. The van der Waals surface area contributed by atoms with Crippen LogP contribution in [-0.4, -0.2) is 43.2 Å². The summed E-state index contributed by atoms with van der Waals surface area (Å²) in [6.07, 6.45) is 5.38. The Hall–Kier alpha value is -1.67. The summed E-state index contributed by atoms with van der Waals surface area (Å²) >= 11 is 0. The zero-order chi connectivity index (χ0) is 20.8. The summed E-state index contributed by atoms with van der Waals surface area (Å²) < 4.78 is 12.6. The Balaban J connectivity index is 2.04. The normalized spacial score (nSPS) is 13.2. The highest BCUT2D eigenvalue weighted by atomic mass is 28.4. The number of pyridine rings is 1. The molecule has 5 nitrogen and oxygen atoms in total. The summed E-state index contributed by atoms with van der Waals surface area (Å²) in [6.45, 7) is 11.7. The van der Waals surface area contributed by atoms with Crippen molar-refractivity contribution in [1.82, 2.24) is 4.98 Å². The number of aromatic nitrogens is 1. The first-order chi connectivity index (χ1) is 13.1. The Bertz CT molecular complexity index is 717. The van der Waals surface area contributed by atoms with Gasteiger partial charge in [-0.2, -0.15) is 0 Å². The molecule has 1 aromatic heterocycles. The van der Waals surface area contributed by atoms with E-state index in [1.54, 1.807) is 30.5 Å². The first kappa shape index (κ1) is 22.6. The highest BCUT2D eigenvalue weighted by Crippen LogP contribution is 2.37. The van der Waals surface area contributed by atoms with E-state index in [2.05, 4.69) is 44.9 Å². The van der Waals surface area contributed by atoms with Crippen molar-refractivity contribution in [3.05, 3.63) is 54.4 Å². The van der Waals surface area contributed by atoms with Crippen LogP contribution in [0, 0.1) is 0 Å². The van der Waals surface area contributed by atoms with Crippen LogP contribution < -0.4 is 10.2 Å². The highest BCUT2D eigenvalue weighted by molar-refractivity contribution is 6.74. The van der Waals surface area contributed by atoms with Gasteiger partial charge in [-0.25, -0.2) is 0 Å². The lowest BCUT2D eigenvalue weighted by molar-refractivity contribution is 0.108. The van der Waals surface area contributed by atoms with Crippen LogP contribution >= 0.6 is 0 Å². The first-order valence-electron chi connectivity index (χ1n) is 9.74. The van der Waals surface area contributed by atoms with Gasteiger partial charge >= 0.3 is 7.12 Å².